The maximum absolute atomic E-state index is 5.11. The molecule has 80 valence electrons. The van der Waals surface area contributed by atoms with Crippen molar-refractivity contribution < 1.29 is 4.74 Å². The molecule has 0 aromatic heterocycles. The number of thioether (sulfide) groups is 1. The van der Waals surface area contributed by atoms with Crippen molar-refractivity contribution in [1.29, 1.82) is 0 Å². The second-order valence-electron chi connectivity index (χ2n) is 3.72. The fourth-order valence-corrected chi connectivity index (χ4v) is 2.06. The topological polar surface area (TPSA) is 21.3 Å². The van der Waals surface area contributed by atoms with Gasteiger partial charge in [-0.1, -0.05) is 20.8 Å². The number of likely N-dealkylation sites (N-methyl/N-ethyl adjacent to an activating group) is 1. The summed E-state index contributed by atoms with van der Waals surface area (Å²) in [6, 6.07) is 0.483. The lowest BCUT2D eigenvalue weighted by atomic mass is 10.2. The van der Waals surface area contributed by atoms with Gasteiger partial charge in [-0.2, -0.15) is 11.8 Å². The van der Waals surface area contributed by atoms with Crippen molar-refractivity contribution in [3.8, 4) is 0 Å². The maximum Gasteiger partial charge on any atom is 0.0623 e. The zero-order valence-electron chi connectivity index (χ0n) is 9.46. The van der Waals surface area contributed by atoms with Gasteiger partial charge >= 0.3 is 0 Å². The molecule has 0 aromatic rings. The largest absolute Gasteiger partial charge is 0.383 e. The van der Waals surface area contributed by atoms with E-state index in [0.29, 0.717) is 6.04 Å². The number of hydrogen-bond donors (Lipinski definition) is 1. The standard InChI is InChI=1S/C10H23NOS/c1-8(2)9(3)13-7-10(11-4)6-12-5/h8-11H,6-7H2,1-5H3. The Bertz CT molecular complexity index is 119. The summed E-state index contributed by atoms with van der Waals surface area (Å²) in [6.45, 7) is 7.62. The summed E-state index contributed by atoms with van der Waals surface area (Å²) >= 11 is 2.01. The van der Waals surface area contributed by atoms with Gasteiger partial charge in [0, 0.05) is 24.2 Å². The molecule has 0 saturated heterocycles. The summed E-state index contributed by atoms with van der Waals surface area (Å²) in [6.07, 6.45) is 0. The van der Waals surface area contributed by atoms with Crippen LogP contribution in [0.1, 0.15) is 20.8 Å². The van der Waals surface area contributed by atoms with Crippen molar-refractivity contribution in [2.75, 3.05) is 26.5 Å². The van der Waals surface area contributed by atoms with Gasteiger partial charge in [-0.3, -0.25) is 0 Å². The summed E-state index contributed by atoms with van der Waals surface area (Å²) in [5.74, 6) is 1.88. The van der Waals surface area contributed by atoms with E-state index in [0.717, 1.165) is 23.5 Å². The summed E-state index contributed by atoms with van der Waals surface area (Å²) in [4.78, 5) is 0. The lowest BCUT2D eigenvalue weighted by Gasteiger charge is -2.19. The number of ether oxygens (including phenoxy) is 1. The van der Waals surface area contributed by atoms with Crippen LogP contribution < -0.4 is 5.32 Å². The van der Waals surface area contributed by atoms with Crippen molar-refractivity contribution in [2.45, 2.75) is 32.1 Å². The molecule has 2 unspecified atom stereocenters. The van der Waals surface area contributed by atoms with Gasteiger partial charge in [-0.25, -0.2) is 0 Å². The number of nitrogens with one attached hydrogen (secondary N) is 1. The van der Waals surface area contributed by atoms with Crippen LogP contribution >= 0.6 is 11.8 Å². The minimum absolute atomic E-state index is 0.483. The highest BCUT2D eigenvalue weighted by Gasteiger charge is 2.11. The molecule has 0 amide bonds. The number of methoxy groups -OCH3 is 1. The van der Waals surface area contributed by atoms with Crippen molar-refractivity contribution in [3.63, 3.8) is 0 Å². The van der Waals surface area contributed by atoms with Crippen LogP contribution in [0.2, 0.25) is 0 Å². The Labute approximate surface area is 86.8 Å². The smallest absolute Gasteiger partial charge is 0.0623 e. The van der Waals surface area contributed by atoms with E-state index >= 15 is 0 Å². The lowest BCUT2D eigenvalue weighted by Crippen LogP contribution is -2.33. The van der Waals surface area contributed by atoms with Gasteiger partial charge in [0.05, 0.1) is 6.61 Å². The molecule has 0 bridgehead atoms. The highest BCUT2D eigenvalue weighted by atomic mass is 32.2. The molecule has 2 nitrogen and oxygen atoms in total. The van der Waals surface area contributed by atoms with Crippen LogP contribution in [0.15, 0.2) is 0 Å². The van der Waals surface area contributed by atoms with Gasteiger partial charge in [-0.15, -0.1) is 0 Å². The molecule has 2 atom stereocenters. The molecule has 13 heavy (non-hydrogen) atoms. The molecule has 0 aliphatic heterocycles. The number of rotatable bonds is 7. The second-order valence-corrected chi connectivity index (χ2v) is 5.13. The molecular weight excluding hydrogens is 182 g/mol. The first-order valence-corrected chi connectivity index (χ1v) is 5.94. The third-order valence-corrected chi connectivity index (χ3v) is 3.94. The fraction of sp³-hybridized carbons (Fsp3) is 1.00. The molecule has 0 heterocycles. The molecule has 0 saturated carbocycles. The Morgan fingerprint density at radius 3 is 2.31 bits per heavy atom. The quantitative estimate of drug-likeness (QED) is 0.687. The predicted molar refractivity (Wildman–Crippen MR) is 61.5 cm³/mol. The maximum atomic E-state index is 5.11. The van der Waals surface area contributed by atoms with Crippen LogP contribution in [0.4, 0.5) is 0 Å². The highest BCUT2D eigenvalue weighted by Crippen LogP contribution is 2.19. The second kappa shape index (κ2) is 7.65. The molecule has 0 spiro atoms. The summed E-state index contributed by atoms with van der Waals surface area (Å²) in [5.41, 5.74) is 0. The predicted octanol–water partition coefficient (Wildman–Crippen LogP) is 2.00. The van der Waals surface area contributed by atoms with E-state index in [1.165, 1.54) is 0 Å². The van der Waals surface area contributed by atoms with Crippen molar-refractivity contribution in [2.24, 2.45) is 5.92 Å². The van der Waals surface area contributed by atoms with E-state index in [-0.39, 0.29) is 0 Å². The van der Waals surface area contributed by atoms with Gasteiger partial charge in [0.1, 0.15) is 0 Å². The molecule has 0 radical (unpaired) electrons. The summed E-state index contributed by atoms with van der Waals surface area (Å²) in [5, 5.41) is 3.98. The van der Waals surface area contributed by atoms with Crippen LogP contribution in [0, 0.1) is 5.92 Å². The minimum Gasteiger partial charge on any atom is -0.383 e. The van der Waals surface area contributed by atoms with E-state index in [4.69, 9.17) is 4.74 Å². The SMILES string of the molecule is CNC(COC)CSC(C)C(C)C. The first-order chi connectivity index (χ1) is 6.11. The molecule has 0 aromatic carbocycles. The normalized spacial score (nSPS) is 16.2. The van der Waals surface area contributed by atoms with E-state index in [2.05, 4.69) is 26.1 Å². The Balaban J connectivity index is 3.58. The Hall–Kier alpha value is 0.270. The third-order valence-electron chi connectivity index (χ3n) is 2.28. The Morgan fingerprint density at radius 2 is 1.92 bits per heavy atom. The monoisotopic (exact) mass is 205 g/mol. The van der Waals surface area contributed by atoms with Crippen LogP contribution in [0.5, 0.6) is 0 Å². The van der Waals surface area contributed by atoms with Crippen molar-refractivity contribution >= 4 is 11.8 Å². The molecule has 3 heteroatoms. The highest BCUT2D eigenvalue weighted by molar-refractivity contribution is 7.99. The van der Waals surface area contributed by atoms with E-state index < -0.39 is 0 Å². The van der Waals surface area contributed by atoms with Gasteiger partial charge in [0.15, 0.2) is 0 Å². The summed E-state index contributed by atoms with van der Waals surface area (Å²) < 4.78 is 5.11. The Kier molecular flexibility index (Phi) is 7.81. The van der Waals surface area contributed by atoms with Crippen molar-refractivity contribution in [3.05, 3.63) is 0 Å². The van der Waals surface area contributed by atoms with Crippen LogP contribution in [-0.4, -0.2) is 37.8 Å². The zero-order valence-corrected chi connectivity index (χ0v) is 10.3. The lowest BCUT2D eigenvalue weighted by molar-refractivity contribution is 0.177. The van der Waals surface area contributed by atoms with E-state index in [9.17, 15) is 0 Å². The molecule has 1 N–H and O–H groups in total. The molecular formula is C10H23NOS. The van der Waals surface area contributed by atoms with Crippen LogP contribution in [0.25, 0.3) is 0 Å². The molecule has 0 fully saturated rings. The average molecular weight is 205 g/mol. The zero-order chi connectivity index (χ0) is 10.3. The first kappa shape index (κ1) is 13.3. The van der Waals surface area contributed by atoms with E-state index in [1.807, 2.05) is 18.8 Å². The third kappa shape index (κ3) is 6.36. The first-order valence-electron chi connectivity index (χ1n) is 4.89. The minimum atomic E-state index is 0.483. The number of hydrogen-bond acceptors (Lipinski definition) is 3. The molecule has 0 rings (SSSR count). The summed E-state index contributed by atoms with van der Waals surface area (Å²) in [7, 11) is 3.74. The fourth-order valence-electron chi connectivity index (χ4n) is 0.876. The van der Waals surface area contributed by atoms with Gasteiger partial charge in [-0.05, 0) is 13.0 Å². The van der Waals surface area contributed by atoms with E-state index in [1.54, 1.807) is 7.11 Å². The van der Waals surface area contributed by atoms with Gasteiger partial charge in [0.2, 0.25) is 0 Å². The molecule has 0 aliphatic carbocycles. The average Bonchev–Trinajstić information content (AvgIpc) is 2.11. The van der Waals surface area contributed by atoms with Crippen LogP contribution in [-0.2, 0) is 4.74 Å². The van der Waals surface area contributed by atoms with Crippen molar-refractivity contribution in [1.82, 2.24) is 5.32 Å². The van der Waals surface area contributed by atoms with Gasteiger partial charge in [0.25, 0.3) is 0 Å². The van der Waals surface area contributed by atoms with Crippen LogP contribution in [0.3, 0.4) is 0 Å². The van der Waals surface area contributed by atoms with Gasteiger partial charge < -0.3 is 10.1 Å². The molecule has 0 aliphatic rings. The Morgan fingerprint density at radius 1 is 1.31 bits per heavy atom.